The molecule has 2 N–H and O–H groups in total. The third-order valence-corrected chi connectivity index (χ3v) is 3.61. The van der Waals surface area contributed by atoms with Gasteiger partial charge in [0.05, 0.1) is 12.4 Å². The Kier molecular flexibility index (Phi) is 5.69. The SMILES string of the molecule is O=C(C[C@@H]([NH2+]Cc1ccccc1)C(=O)[O-])c1ccc(Cl)cc1. The van der Waals surface area contributed by atoms with Gasteiger partial charge in [-0.3, -0.25) is 4.79 Å². The molecule has 0 saturated carbocycles. The van der Waals surface area contributed by atoms with E-state index in [1.165, 1.54) is 0 Å². The number of nitrogens with two attached hydrogens (primary N) is 1. The molecule has 0 aliphatic carbocycles. The number of halogens is 1. The zero-order chi connectivity index (χ0) is 15.9. The van der Waals surface area contributed by atoms with Crippen molar-refractivity contribution in [1.29, 1.82) is 0 Å². The first-order chi connectivity index (χ1) is 10.6. The first-order valence-electron chi connectivity index (χ1n) is 6.93. The standard InChI is InChI=1S/C17H16ClNO3/c18-14-8-6-13(7-9-14)16(20)10-15(17(21)22)19-11-12-4-2-1-3-5-12/h1-9,15,19H,10-11H2,(H,21,22)/t15-/m1/s1. The molecular formula is C17H16ClNO3. The number of carbonyl (C=O) groups excluding carboxylic acids is 2. The molecule has 22 heavy (non-hydrogen) atoms. The lowest BCUT2D eigenvalue weighted by Gasteiger charge is -2.16. The van der Waals surface area contributed by atoms with Gasteiger partial charge in [-0.15, -0.1) is 0 Å². The normalized spacial score (nSPS) is 11.9. The largest absolute Gasteiger partial charge is 0.544 e. The van der Waals surface area contributed by atoms with E-state index < -0.39 is 12.0 Å². The average molecular weight is 318 g/mol. The average Bonchev–Trinajstić information content (AvgIpc) is 2.52. The van der Waals surface area contributed by atoms with E-state index in [4.69, 9.17) is 11.6 Å². The molecule has 0 unspecified atom stereocenters. The second kappa shape index (κ2) is 7.73. The van der Waals surface area contributed by atoms with E-state index in [9.17, 15) is 14.7 Å². The maximum atomic E-state index is 12.1. The van der Waals surface area contributed by atoms with Crippen LogP contribution in [0.25, 0.3) is 0 Å². The molecule has 0 aliphatic rings. The highest BCUT2D eigenvalue weighted by molar-refractivity contribution is 6.30. The maximum absolute atomic E-state index is 12.1. The number of hydrogen-bond donors (Lipinski definition) is 1. The topological polar surface area (TPSA) is 73.8 Å². The number of benzene rings is 2. The number of Topliss-reactive ketones (excluding diaryl/α,β-unsaturated/α-hetero) is 1. The van der Waals surface area contributed by atoms with Gasteiger partial charge in [0.15, 0.2) is 5.78 Å². The number of aliphatic carboxylic acids is 1. The molecule has 2 rings (SSSR count). The van der Waals surface area contributed by atoms with Crippen molar-refractivity contribution in [1.82, 2.24) is 0 Å². The van der Waals surface area contributed by atoms with Gasteiger partial charge < -0.3 is 15.2 Å². The molecule has 0 aliphatic heterocycles. The number of ketones is 1. The molecular weight excluding hydrogens is 302 g/mol. The first-order valence-corrected chi connectivity index (χ1v) is 7.31. The summed E-state index contributed by atoms with van der Waals surface area (Å²) in [7, 11) is 0. The smallest absolute Gasteiger partial charge is 0.169 e. The number of hydrogen-bond acceptors (Lipinski definition) is 3. The molecule has 0 aromatic heterocycles. The van der Waals surface area contributed by atoms with Gasteiger partial charge in [-0.2, -0.15) is 0 Å². The van der Waals surface area contributed by atoms with Crippen molar-refractivity contribution in [3.63, 3.8) is 0 Å². The van der Waals surface area contributed by atoms with Crippen LogP contribution < -0.4 is 10.4 Å². The Balaban J connectivity index is 1.98. The molecule has 2 aromatic rings. The Bertz CT molecular complexity index is 641. The predicted octanol–water partition coefficient (Wildman–Crippen LogP) is 0.795. The highest BCUT2D eigenvalue weighted by Gasteiger charge is 2.19. The van der Waals surface area contributed by atoms with Crippen LogP contribution in [-0.2, 0) is 11.3 Å². The molecule has 5 heteroatoms. The zero-order valence-electron chi connectivity index (χ0n) is 11.9. The van der Waals surface area contributed by atoms with E-state index in [1.807, 2.05) is 30.3 Å². The summed E-state index contributed by atoms with van der Waals surface area (Å²) in [4.78, 5) is 23.4. The highest BCUT2D eigenvalue weighted by atomic mass is 35.5. The highest BCUT2D eigenvalue weighted by Crippen LogP contribution is 2.11. The van der Waals surface area contributed by atoms with Crippen molar-refractivity contribution in [3.05, 3.63) is 70.7 Å². The van der Waals surface area contributed by atoms with Crippen molar-refractivity contribution >= 4 is 23.4 Å². The first kappa shape index (κ1) is 16.2. The monoisotopic (exact) mass is 317 g/mol. The third-order valence-electron chi connectivity index (χ3n) is 3.36. The van der Waals surface area contributed by atoms with Gasteiger partial charge in [0.2, 0.25) is 0 Å². The van der Waals surface area contributed by atoms with Crippen molar-refractivity contribution in [3.8, 4) is 0 Å². The fraction of sp³-hybridized carbons (Fsp3) is 0.176. The molecule has 1 atom stereocenters. The van der Waals surface area contributed by atoms with Gasteiger partial charge in [0, 0.05) is 16.1 Å². The number of quaternary nitrogens is 1. The molecule has 0 fully saturated rings. The summed E-state index contributed by atoms with van der Waals surface area (Å²) in [5.74, 6) is -1.48. The Morgan fingerprint density at radius 1 is 1.05 bits per heavy atom. The molecule has 0 amide bonds. The van der Waals surface area contributed by atoms with Crippen LogP contribution in [0.5, 0.6) is 0 Å². The van der Waals surface area contributed by atoms with Crippen LogP contribution in [0, 0.1) is 0 Å². The molecule has 0 heterocycles. The van der Waals surface area contributed by atoms with Crippen molar-refractivity contribution in [2.45, 2.75) is 19.0 Å². The number of carboxylic acid groups (broad SMARTS) is 1. The Labute approximate surface area is 133 Å². The second-order valence-electron chi connectivity index (χ2n) is 4.99. The molecule has 0 spiro atoms. The van der Waals surface area contributed by atoms with Gasteiger partial charge in [0.1, 0.15) is 12.6 Å². The summed E-state index contributed by atoms with van der Waals surface area (Å²) in [6.07, 6.45) is -0.114. The van der Waals surface area contributed by atoms with Crippen LogP contribution in [0.15, 0.2) is 54.6 Å². The van der Waals surface area contributed by atoms with Crippen LogP contribution in [0.4, 0.5) is 0 Å². The van der Waals surface area contributed by atoms with E-state index >= 15 is 0 Å². The lowest BCUT2D eigenvalue weighted by atomic mass is 10.0. The van der Waals surface area contributed by atoms with E-state index in [1.54, 1.807) is 29.6 Å². The van der Waals surface area contributed by atoms with Crippen molar-refractivity contribution in [2.24, 2.45) is 0 Å². The predicted molar refractivity (Wildman–Crippen MR) is 81.3 cm³/mol. The summed E-state index contributed by atoms with van der Waals surface area (Å²) in [6.45, 7) is 0.480. The number of carbonyl (C=O) groups is 2. The minimum atomic E-state index is -1.24. The quantitative estimate of drug-likeness (QED) is 0.767. The van der Waals surface area contributed by atoms with Gasteiger partial charge in [-0.05, 0) is 24.3 Å². The third kappa shape index (κ3) is 4.69. The van der Waals surface area contributed by atoms with Gasteiger partial charge in [0.25, 0.3) is 0 Å². The van der Waals surface area contributed by atoms with Crippen molar-refractivity contribution < 1.29 is 20.0 Å². The lowest BCUT2D eigenvalue weighted by molar-refractivity contribution is -0.697. The molecule has 114 valence electrons. The molecule has 4 nitrogen and oxygen atoms in total. The minimum absolute atomic E-state index is 0.114. The number of rotatable bonds is 7. The summed E-state index contributed by atoms with van der Waals surface area (Å²) >= 11 is 5.77. The lowest BCUT2D eigenvalue weighted by Crippen LogP contribution is -2.92. The Morgan fingerprint density at radius 3 is 2.27 bits per heavy atom. The zero-order valence-corrected chi connectivity index (χ0v) is 12.6. The van der Waals surface area contributed by atoms with Crippen LogP contribution >= 0.6 is 11.6 Å². The summed E-state index contributed by atoms with van der Waals surface area (Å²) in [6, 6.07) is 15.0. The Morgan fingerprint density at radius 2 is 1.68 bits per heavy atom. The van der Waals surface area contributed by atoms with E-state index in [-0.39, 0.29) is 12.2 Å². The summed E-state index contributed by atoms with van der Waals surface area (Å²) in [5, 5.41) is 13.4. The summed E-state index contributed by atoms with van der Waals surface area (Å²) in [5.41, 5.74) is 1.44. The van der Waals surface area contributed by atoms with E-state index in [0.717, 1.165) is 5.56 Å². The molecule has 0 saturated heterocycles. The Hall–Kier alpha value is -2.17. The van der Waals surface area contributed by atoms with Gasteiger partial charge in [-0.1, -0.05) is 41.9 Å². The van der Waals surface area contributed by atoms with Crippen LogP contribution in [-0.4, -0.2) is 17.8 Å². The molecule has 0 radical (unpaired) electrons. The van der Waals surface area contributed by atoms with E-state index in [0.29, 0.717) is 17.1 Å². The minimum Gasteiger partial charge on any atom is -0.544 e. The second-order valence-corrected chi connectivity index (χ2v) is 5.42. The van der Waals surface area contributed by atoms with Gasteiger partial charge in [-0.25, -0.2) is 0 Å². The van der Waals surface area contributed by atoms with Gasteiger partial charge >= 0.3 is 0 Å². The summed E-state index contributed by atoms with van der Waals surface area (Å²) < 4.78 is 0. The molecule has 0 bridgehead atoms. The van der Waals surface area contributed by atoms with Crippen molar-refractivity contribution in [2.75, 3.05) is 0 Å². The van der Waals surface area contributed by atoms with Crippen LogP contribution in [0.2, 0.25) is 5.02 Å². The molecule has 2 aromatic carbocycles. The fourth-order valence-electron chi connectivity index (χ4n) is 2.11. The fourth-order valence-corrected chi connectivity index (χ4v) is 2.23. The number of carboxylic acids is 1. The van der Waals surface area contributed by atoms with E-state index in [2.05, 4.69) is 0 Å². The van der Waals surface area contributed by atoms with Crippen LogP contribution in [0.1, 0.15) is 22.3 Å². The maximum Gasteiger partial charge on any atom is 0.169 e. The van der Waals surface area contributed by atoms with Crippen LogP contribution in [0.3, 0.4) is 0 Å².